The molecule has 8 unspecified atom stereocenters. The highest BCUT2D eigenvalue weighted by atomic mass is 16.6. The van der Waals surface area contributed by atoms with Crippen LogP contribution in [0, 0.1) is 52.3 Å². The minimum Gasteiger partial charge on any atom is -0.497 e. The summed E-state index contributed by atoms with van der Waals surface area (Å²) in [5.41, 5.74) is 3.72. The molecule has 6 aliphatic rings. The van der Waals surface area contributed by atoms with E-state index in [1.54, 1.807) is 19.1 Å². The molecule has 5 aliphatic carbocycles. The molecular formula is C72H103N3O9. The van der Waals surface area contributed by atoms with Gasteiger partial charge in [-0.05, 0) is 158 Å². The van der Waals surface area contributed by atoms with E-state index in [1.807, 2.05) is 78.9 Å². The van der Waals surface area contributed by atoms with Crippen molar-refractivity contribution < 1.29 is 42.9 Å². The molecule has 0 bridgehead atoms. The minimum atomic E-state index is -1.11. The van der Waals surface area contributed by atoms with Gasteiger partial charge in [-0.15, -0.1) is 0 Å². The number of alkyl carbamates (subject to hydrolysis) is 1. The van der Waals surface area contributed by atoms with Crippen LogP contribution in [0.3, 0.4) is 0 Å². The molecule has 0 radical (unpaired) electrons. The summed E-state index contributed by atoms with van der Waals surface area (Å²) in [7, 11) is 3.29. The first-order valence-electron chi connectivity index (χ1n) is 33.0. The Morgan fingerprint density at radius 3 is 2.04 bits per heavy atom. The van der Waals surface area contributed by atoms with Gasteiger partial charge in [0, 0.05) is 44.3 Å². The first-order valence-corrected chi connectivity index (χ1v) is 33.0. The largest absolute Gasteiger partial charge is 0.497 e. The van der Waals surface area contributed by atoms with Crippen molar-refractivity contribution in [3.05, 3.63) is 107 Å². The molecule has 3 aromatic carbocycles. The number of methoxy groups -OCH3 is 2. The van der Waals surface area contributed by atoms with E-state index >= 15 is 0 Å². The Hall–Kier alpha value is -5.36. The fourth-order valence-corrected chi connectivity index (χ4v) is 16.9. The zero-order chi connectivity index (χ0) is 59.3. The number of hydrogen-bond donors (Lipinski definition) is 2. The van der Waals surface area contributed by atoms with Gasteiger partial charge in [0.2, 0.25) is 11.8 Å². The van der Waals surface area contributed by atoms with E-state index in [0.717, 1.165) is 110 Å². The first kappa shape index (κ1) is 63.2. The molecule has 3 aromatic rings. The summed E-state index contributed by atoms with van der Waals surface area (Å²) < 4.78 is 30.9. The number of nitrogens with zero attached hydrogens (tertiary/aromatic N) is 1. The molecule has 4 saturated carbocycles. The van der Waals surface area contributed by atoms with Gasteiger partial charge in [0.05, 0.1) is 33.8 Å². The summed E-state index contributed by atoms with van der Waals surface area (Å²) in [6.07, 6.45) is 25.2. The van der Waals surface area contributed by atoms with E-state index in [9.17, 15) is 19.2 Å². The Kier molecular flexibility index (Phi) is 22.1. The Bertz CT molecular complexity index is 2580. The predicted octanol–water partition coefficient (Wildman–Crippen LogP) is 15.1. The number of fused-ring (bicyclic) bond motifs is 5. The molecule has 1 heterocycles. The first-order chi connectivity index (χ1) is 40.6. The maximum Gasteiger partial charge on any atom is 0.407 e. The zero-order valence-electron chi connectivity index (χ0n) is 52.3. The zero-order valence-corrected chi connectivity index (χ0v) is 52.3. The van der Waals surface area contributed by atoms with Crippen molar-refractivity contribution in [2.45, 2.75) is 213 Å². The van der Waals surface area contributed by atoms with Gasteiger partial charge in [0.15, 0.2) is 0 Å². The Balaban J connectivity index is 0.779. The van der Waals surface area contributed by atoms with Crippen molar-refractivity contribution in [1.82, 2.24) is 15.5 Å². The molecule has 12 heteroatoms. The molecule has 460 valence electrons. The summed E-state index contributed by atoms with van der Waals surface area (Å²) >= 11 is 0. The molecule has 1 saturated heterocycles. The second kappa shape index (κ2) is 29.4. The molecule has 10 atom stereocenters. The van der Waals surface area contributed by atoms with Crippen LogP contribution in [0.4, 0.5) is 4.79 Å². The van der Waals surface area contributed by atoms with Gasteiger partial charge in [-0.1, -0.05) is 159 Å². The number of carbonyl (C=O) groups excluding carboxylic acids is 4. The van der Waals surface area contributed by atoms with E-state index in [-0.39, 0.29) is 67.4 Å². The third-order valence-corrected chi connectivity index (χ3v) is 21.6. The van der Waals surface area contributed by atoms with Crippen LogP contribution in [0.25, 0.3) is 0 Å². The lowest BCUT2D eigenvalue weighted by Crippen LogP contribution is -2.51. The van der Waals surface area contributed by atoms with Gasteiger partial charge in [0.1, 0.15) is 29.3 Å². The maximum atomic E-state index is 14.1. The van der Waals surface area contributed by atoms with Gasteiger partial charge in [-0.2, -0.15) is 0 Å². The highest BCUT2D eigenvalue weighted by molar-refractivity contribution is 5.81. The number of amides is 3. The number of carbonyl (C=O) groups is 4. The third kappa shape index (κ3) is 15.1. The van der Waals surface area contributed by atoms with E-state index in [1.165, 1.54) is 76.2 Å². The van der Waals surface area contributed by atoms with Crippen LogP contribution in [-0.2, 0) is 34.2 Å². The highest BCUT2D eigenvalue weighted by Crippen LogP contribution is 2.67. The minimum absolute atomic E-state index is 0.0198. The number of unbranched alkanes of at least 4 members (excludes halogenated alkanes) is 2. The molecule has 0 aromatic heterocycles. The van der Waals surface area contributed by atoms with Gasteiger partial charge in [-0.25, -0.2) is 4.79 Å². The normalized spacial score (nSPS) is 27.5. The smallest absolute Gasteiger partial charge is 0.407 e. The second-order valence-corrected chi connectivity index (χ2v) is 27.3. The predicted molar refractivity (Wildman–Crippen MR) is 331 cm³/mol. The fraction of sp³-hybridized carbons (Fsp3) is 0.667. The molecular weight excluding hydrogens is 1050 g/mol. The van der Waals surface area contributed by atoms with E-state index in [2.05, 4.69) is 51.3 Å². The maximum absolute atomic E-state index is 14.1. The molecule has 9 rings (SSSR count). The summed E-state index contributed by atoms with van der Waals surface area (Å²) in [4.78, 5) is 56.1. The number of allylic oxidation sites excluding steroid dienone is 1. The number of ether oxygens (including phenoxy) is 5. The standard InChI is InChI=1S/C72H103N3O9/c1-50(2)20-19-21-51(3)62-37-38-63-61-36-31-56-46-60(41-43-70(56,4)64(61)42-44-71(62,63)5)83-69(79)73-45-18-12-17-26-67(77)75-47-52(65(48-75)84-68(78)40-39-66(76)74-57-24-15-9-8-10-16-25-57)49-82-72(53-22-13-11-14-23-53,54-27-32-58(80-6)33-28-54)55-29-34-59(81-7)35-30-55/h11,13-14,22-23,27-35,50-52,57,60-65H,8-10,12,15-21,24-26,36-49H2,1-7H3,(H,73,79)(H,74,76)/t51?,52?,60?,61?,62?,63?,64?,65?,70-,71+/m0/s1. The topological polar surface area (TPSA) is 142 Å². The van der Waals surface area contributed by atoms with Crippen molar-refractivity contribution >= 4 is 23.9 Å². The van der Waals surface area contributed by atoms with Crippen LogP contribution in [-0.4, -0.2) is 87.5 Å². The molecule has 0 spiro atoms. The number of rotatable bonds is 25. The van der Waals surface area contributed by atoms with Gasteiger partial charge >= 0.3 is 12.1 Å². The van der Waals surface area contributed by atoms with Crippen LogP contribution in [0.5, 0.6) is 11.5 Å². The van der Waals surface area contributed by atoms with Crippen LogP contribution in [0.2, 0.25) is 0 Å². The number of likely N-dealkylation sites (tertiary alicyclic amines) is 1. The summed E-state index contributed by atoms with van der Waals surface area (Å²) in [6, 6.07) is 25.9. The molecule has 5 fully saturated rings. The van der Waals surface area contributed by atoms with Crippen molar-refractivity contribution in [3.8, 4) is 11.5 Å². The van der Waals surface area contributed by atoms with Gasteiger partial charge < -0.3 is 39.2 Å². The van der Waals surface area contributed by atoms with Crippen LogP contribution in [0.1, 0.15) is 205 Å². The quantitative estimate of drug-likeness (QED) is 0.0367. The molecule has 1 aliphatic heterocycles. The van der Waals surface area contributed by atoms with Crippen LogP contribution < -0.4 is 20.1 Å². The number of benzene rings is 3. The molecule has 12 nitrogen and oxygen atoms in total. The van der Waals surface area contributed by atoms with Gasteiger partial charge in [-0.3, -0.25) is 14.4 Å². The Morgan fingerprint density at radius 2 is 1.36 bits per heavy atom. The van der Waals surface area contributed by atoms with Crippen LogP contribution in [0.15, 0.2) is 90.5 Å². The van der Waals surface area contributed by atoms with Crippen LogP contribution >= 0.6 is 0 Å². The number of hydrogen-bond acceptors (Lipinski definition) is 9. The van der Waals surface area contributed by atoms with Crippen molar-refractivity contribution in [1.29, 1.82) is 0 Å². The summed E-state index contributed by atoms with van der Waals surface area (Å²) in [5.74, 6) is 5.21. The fourth-order valence-electron chi connectivity index (χ4n) is 16.9. The van der Waals surface area contributed by atoms with Crippen molar-refractivity contribution in [3.63, 3.8) is 0 Å². The molecule has 2 N–H and O–H groups in total. The number of esters is 1. The van der Waals surface area contributed by atoms with Crippen molar-refractivity contribution in [2.75, 3.05) is 40.5 Å². The molecule has 3 amide bonds. The monoisotopic (exact) mass is 1150 g/mol. The lowest BCUT2D eigenvalue weighted by molar-refractivity contribution is -0.153. The van der Waals surface area contributed by atoms with E-state index in [0.29, 0.717) is 42.8 Å². The average Bonchev–Trinajstić information content (AvgIpc) is 2.14. The lowest BCUT2D eigenvalue weighted by atomic mass is 9.47. The Morgan fingerprint density at radius 1 is 0.679 bits per heavy atom. The SMILES string of the molecule is COc1ccc(C(OCC2CN(C(=O)CCCCCNC(=O)OC3CC[C@@]4(C)C(=CCC5C6CCC(C(C)CCCC(C)C)[C@@]6(C)CCC54)C3)CC2OC(=O)CCC(=O)NC2CCCCCCC2)(c2ccccc2)c2ccc(OC)cc2)cc1. The Labute approximate surface area is 504 Å². The lowest BCUT2D eigenvalue weighted by Gasteiger charge is -2.58. The second-order valence-electron chi connectivity index (χ2n) is 27.3. The van der Waals surface area contributed by atoms with E-state index < -0.39 is 17.7 Å². The summed E-state index contributed by atoms with van der Waals surface area (Å²) in [6.45, 7) is 13.7. The van der Waals surface area contributed by atoms with E-state index in [4.69, 9.17) is 23.7 Å². The number of nitrogens with one attached hydrogen (secondary N) is 2. The summed E-state index contributed by atoms with van der Waals surface area (Å²) in [5, 5.41) is 6.21. The third-order valence-electron chi connectivity index (χ3n) is 21.6. The van der Waals surface area contributed by atoms with Crippen molar-refractivity contribution in [2.24, 2.45) is 52.3 Å². The average molecular weight is 1150 g/mol. The van der Waals surface area contributed by atoms with Gasteiger partial charge in [0.25, 0.3) is 0 Å². The molecule has 84 heavy (non-hydrogen) atoms. The highest BCUT2D eigenvalue weighted by Gasteiger charge is 2.59.